The highest BCUT2D eigenvalue weighted by atomic mass is 16.5. The maximum absolute atomic E-state index is 5.99. The highest BCUT2D eigenvalue weighted by Crippen LogP contribution is 2.29. The van der Waals surface area contributed by atoms with E-state index >= 15 is 0 Å². The number of benzene rings is 2. The lowest BCUT2D eigenvalue weighted by molar-refractivity contribution is 0.122. The number of aryl methyl sites for hydroxylation is 1. The van der Waals surface area contributed by atoms with Gasteiger partial charge in [-0.3, -0.25) is 0 Å². The highest BCUT2D eigenvalue weighted by molar-refractivity contribution is 5.82. The van der Waals surface area contributed by atoms with Crippen LogP contribution in [0.2, 0.25) is 0 Å². The summed E-state index contributed by atoms with van der Waals surface area (Å²) in [5, 5.41) is 4.36. The number of morpholine rings is 1. The first-order valence-corrected chi connectivity index (χ1v) is 9.79. The van der Waals surface area contributed by atoms with Crippen molar-refractivity contribution in [2.45, 2.75) is 6.92 Å². The number of ether oxygens (including phenoxy) is 1. The Labute approximate surface area is 169 Å². The molecule has 2 aromatic carbocycles. The Morgan fingerprint density at radius 1 is 1.00 bits per heavy atom. The molecule has 3 heterocycles. The first kappa shape index (κ1) is 17.7. The van der Waals surface area contributed by atoms with Crippen LogP contribution >= 0.6 is 0 Å². The van der Waals surface area contributed by atoms with Crippen LogP contribution < -0.4 is 10.2 Å². The van der Waals surface area contributed by atoms with Gasteiger partial charge in [0.15, 0.2) is 5.76 Å². The third-order valence-electron chi connectivity index (χ3n) is 5.13. The van der Waals surface area contributed by atoms with Crippen molar-refractivity contribution in [1.82, 2.24) is 9.97 Å². The number of hydrogen-bond donors (Lipinski definition) is 1. The Morgan fingerprint density at radius 3 is 2.59 bits per heavy atom. The van der Waals surface area contributed by atoms with E-state index in [9.17, 15) is 0 Å². The smallest absolute Gasteiger partial charge is 0.227 e. The SMILES string of the molecule is Cc1cnc(Nc2ccc(N3CCOCC3)cc2)nc1-c1cc2ccccc2o1. The zero-order chi connectivity index (χ0) is 19.6. The average molecular weight is 386 g/mol. The molecule has 0 atom stereocenters. The van der Waals surface area contributed by atoms with Gasteiger partial charge in [-0.1, -0.05) is 18.2 Å². The van der Waals surface area contributed by atoms with E-state index in [2.05, 4.69) is 39.5 Å². The molecule has 146 valence electrons. The standard InChI is InChI=1S/C23H22N4O2/c1-16-15-24-23(26-22(16)21-14-17-4-2-3-5-20(17)29-21)25-18-6-8-19(9-7-18)27-10-12-28-13-11-27/h2-9,14-15H,10-13H2,1H3,(H,24,25,26). The molecule has 0 spiro atoms. The van der Waals surface area contributed by atoms with Crippen LogP contribution in [0, 0.1) is 6.92 Å². The molecule has 1 saturated heterocycles. The van der Waals surface area contributed by atoms with Gasteiger partial charge in [0.2, 0.25) is 5.95 Å². The van der Waals surface area contributed by atoms with Crippen LogP contribution in [0.15, 0.2) is 65.2 Å². The van der Waals surface area contributed by atoms with Crippen molar-refractivity contribution in [2.75, 3.05) is 36.5 Å². The molecule has 6 nitrogen and oxygen atoms in total. The molecular weight excluding hydrogens is 364 g/mol. The maximum atomic E-state index is 5.99. The molecule has 0 saturated carbocycles. The second-order valence-corrected chi connectivity index (χ2v) is 7.14. The predicted molar refractivity (Wildman–Crippen MR) is 115 cm³/mol. The summed E-state index contributed by atoms with van der Waals surface area (Å²) in [6.45, 7) is 5.40. The third-order valence-corrected chi connectivity index (χ3v) is 5.13. The van der Waals surface area contributed by atoms with Crippen molar-refractivity contribution in [3.63, 3.8) is 0 Å². The third kappa shape index (κ3) is 3.67. The summed E-state index contributed by atoms with van der Waals surface area (Å²) in [7, 11) is 0. The summed E-state index contributed by atoms with van der Waals surface area (Å²) in [5.74, 6) is 1.29. The van der Waals surface area contributed by atoms with E-state index < -0.39 is 0 Å². The summed E-state index contributed by atoms with van der Waals surface area (Å²) in [5.41, 5.74) is 4.77. The van der Waals surface area contributed by atoms with Gasteiger partial charge in [-0.15, -0.1) is 0 Å². The molecule has 4 aromatic rings. The Kier molecular flexibility index (Phi) is 4.62. The molecule has 1 fully saturated rings. The fraction of sp³-hybridized carbons (Fsp3) is 0.217. The first-order chi connectivity index (χ1) is 14.3. The van der Waals surface area contributed by atoms with E-state index in [1.54, 1.807) is 0 Å². The lowest BCUT2D eigenvalue weighted by Crippen LogP contribution is -2.36. The lowest BCUT2D eigenvalue weighted by Gasteiger charge is -2.28. The van der Waals surface area contributed by atoms with Gasteiger partial charge in [-0.25, -0.2) is 9.97 Å². The van der Waals surface area contributed by atoms with E-state index in [-0.39, 0.29) is 0 Å². The van der Waals surface area contributed by atoms with Crippen LogP contribution in [-0.4, -0.2) is 36.3 Å². The molecule has 1 N–H and O–H groups in total. The van der Waals surface area contributed by atoms with Crippen LogP contribution in [0.25, 0.3) is 22.4 Å². The van der Waals surface area contributed by atoms with Crippen molar-refractivity contribution >= 4 is 28.3 Å². The van der Waals surface area contributed by atoms with Crippen molar-refractivity contribution in [3.05, 3.63) is 66.4 Å². The summed E-state index contributed by atoms with van der Waals surface area (Å²) in [6, 6.07) is 18.3. The molecule has 5 rings (SSSR count). The minimum absolute atomic E-state index is 0.546. The monoisotopic (exact) mass is 386 g/mol. The summed E-state index contributed by atoms with van der Waals surface area (Å²) < 4.78 is 11.4. The lowest BCUT2D eigenvalue weighted by atomic mass is 10.2. The van der Waals surface area contributed by atoms with E-state index in [0.717, 1.165) is 60.0 Å². The quantitative estimate of drug-likeness (QED) is 0.545. The molecule has 0 radical (unpaired) electrons. The summed E-state index contributed by atoms with van der Waals surface area (Å²) in [6.07, 6.45) is 1.82. The van der Waals surface area contributed by atoms with Gasteiger partial charge in [0, 0.05) is 36.0 Å². The number of rotatable bonds is 4. The number of para-hydroxylation sites is 1. The van der Waals surface area contributed by atoms with Crippen LogP contribution in [0.5, 0.6) is 0 Å². The molecule has 0 aliphatic carbocycles. The molecule has 2 aromatic heterocycles. The van der Waals surface area contributed by atoms with E-state index in [1.807, 2.05) is 43.5 Å². The Balaban J connectivity index is 1.38. The minimum atomic E-state index is 0.546. The second kappa shape index (κ2) is 7.56. The van der Waals surface area contributed by atoms with Crippen LogP contribution in [-0.2, 0) is 4.74 Å². The molecule has 29 heavy (non-hydrogen) atoms. The zero-order valence-corrected chi connectivity index (χ0v) is 16.3. The Bertz CT molecular complexity index is 1100. The van der Waals surface area contributed by atoms with Crippen molar-refractivity contribution < 1.29 is 9.15 Å². The van der Waals surface area contributed by atoms with Crippen LogP contribution in [0.3, 0.4) is 0 Å². The van der Waals surface area contributed by atoms with Gasteiger partial charge in [0.25, 0.3) is 0 Å². The van der Waals surface area contributed by atoms with Gasteiger partial charge in [0.1, 0.15) is 11.3 Å². The normalized spacial score (nSPS) is 14.3. The van der Waals surface area contributed by atoms with Gasteiger partial charge in [0.05, 0.1) is 13.2 Å². The molecule has 1 aliphatic rings. The van der Waals surface area contributed by atoms with E-state index in [1.165, 1.54) is 5.69 Å². The summed E-state index contributed by atoms with van der Waals surface area (Å²) in [4.78, 5) is 11.5. The highest BCUT2D eigenvalue weighted by Gasteiger charge is 2.13. The largest absolute Gasteiger partial charge is 0.454 e. The topological polar surface area (TPSA) is 63.4 Å². The zero-order valence-electron chi connectivity index (χ0n) is 16.3. The van der Waals surface area contributed by atoms with Crippen LogP contribution in [0.1, 0.15) is 5.56 Å². The molecular formula is C23H22N4O2. The molecule has 0 amide bonds. The van der Waals surface area contributed by atoms with Crippen molar-refractivity contribution in [3.8, 4) is 11.5 Å². The number of aromatic nitrogens is 2. The maximum Gasteiger partial charge on any atom is 0.227 e. The van der Waals surface area contributed by atoms with E-state index in [0.29, 0.717) is 5.95 Å². The van der Waals surface area contributed by atoms with E-state index in [4.69, 9.17) is 14.1 Å². The van der Waals surface area contributed by atoms with Gasteiger partial charge < -0.3 is 19.4 Å². The predicted octanol–water partition coefficient (Wildman–Crippen LogP) is 4.78. The Hall–Kier alpha value is -3.38. The minimum Gasteiger partial charge on any atom is -0.454 e. The average Bonchev–Trinajstić information content (AvgIpc) is 3.20. The Morgan fingerprint density at radius 2 is 1.79 bits per heavy atom. The second-order valence-electron chi connectivity index (χ2n) is 7.14. The number of nitrogens with zero attached hydrogens (tertiary/aromatic N) is 3. The van der Waals surface area contributed by atoms with Gasteiger partial charge >= 0.3 is 0 Å². The van der Waals surface area contributed by atoms with Crippen molar-refractivity contribution in [1.29, 1.82) is 0 Å². The molecule has 6 heteroatoms. The van der Waals surface area contributed by atoms with Crippen molar-refractivity contribution in [2.24, 2.45) is 0 Å². The van der Waals surface area contributed by atoms with Gasteiger partial charge in [-0.05, 0) is 48.9 Å². The number of furan rings is 1. The first-order valence-electron chi connectivity index (χ1n) is 9.79. The van der Waals surface area contributed by atoms with Crippen LogP contribution in [0.4, 0.5) is 17.3 Å². The molecule has 1 aliphatic heterocycles. The number of nitrogens with one attached hydrogen (secondary N) is 1. The fourth-order valence-electron chi connectivity index (χ4n) is 3.56. The van der Waals surface area contributed by atoms with Gasteiger partial charge in [-0.2, -0.15) is 0 Å². The molecule has 0 unspecified atom stereocenters. The number of hydrogen-bond acceptors (Lipinski definition) is 6. The number of anilines is 3. The number of fused-ring (bicyclic) bond motifs is 1. The molecule has 0 bridgehead atoms. The fourth-order valence-corrected chi connectivity index (χ4v) is 3.56. The summed E-state index contributed by atoms with van der Waals surface area (Å²) >= 11 is 0.